The molecule has 5 nitrogen and oxygen atoms in total. The zero-order valence-electron chi connectivity index (χ0n) is 13.0. The summed E-state index contributed by atoms with van der Waals surface area (Å²) in [7, 11) is 0. The molecule has 0 bridgehead atoms. The van der Waals surface area contributed by atoms with E-state index in [-0.39, 0.29) is 5.91 Å². The summed E-state index contributed by atoms with van der Waals surface area (Å²) in [6.07, 6.45) is 5.38. The maximum Gasteiger partial charge on any atom is 0.251 e. The van der Waals surface area contributed by atoms with E-state index in [0.717, 1.165) is 36.6 Å². The standard InChI is InChI=1S/C17H22N4O/c1-13-6-5-7-14(12-13)17(22)18-10-9-16-20-19-15-8-3-2-4-11-21(15)16/h5-7,12H,2-4,8-11H2,1H3,(H,18,22). The number of rotatable bonds is 4. The van der Waals surface area contributed by atoms with E-state index >= 15 is 0 Å². The van der Waals surface area contributed by atoms with Gasteiger partial charge in [-0.1, -0.05) is 24.1 Å². The van der Waals surface area contributed by atoms with Crippen molar-refractivity contribution in [3.8, 4) is 0 Å². The fourth-order valence-corrected chi connectivity index (χ4v) is 2.91. The first-order valence-electron chi connectivity index (χ1n) is 8.00. The van der Waals surface area contributed by atoms with Gasteiger partial charge in [-0.05, 0) is 31.9 Å². The normalized spacial score (nSPS) is 14.2. The van der Waals surface area contributed by atoms with Gasteiger partial charge in [-0.25, -0.2) is 0 Å². The van der Waals surface area contributed by atoms with E-state index in [2.05, 4.69) is 20.1 Å². The monoisotopic (exact) mass is 298 g/mol. The summed E-state index contributed by atoms with van der Waals surface area (Å²) in [5.74, 6) is 2.05. The Hall–Kier alpha value is -2.17. The van der Waals surface area contributed by atoms with Gasteiger partial charge in [0.05, 0.1) is 0 Å². The molecule has 5 heteroatoms. The molecule has 1 aliphatic rings. The van der Waals surface area contributed by atoms with Crippen LogP contribution in [0.1, 0.15) is 46.8 Å². The molecule has 0 unspecified atom stereocenters. The fourth-order valence-electron chi connectivity index (χ4n) is 2.91. The molecule has 116 valence electrons. The van der Waals surface area contributed by atoms with Gasteiger partial charge in [0.2, 0.25) is 0 Å². The van der Waals surface area contributed by atoms with Crippen molar-refractivity contribution in [2.24, 2.45) is 0 Å². The lowest BCUT2D eigenvalue weighted by Crippen LogP contribution is -2.26. The highest BCUT2D eigenvalue weighted by atomic mass is 16.1. The first-order chi connectivity index (χ1) is 10.7. The first kappa shape index (κ1) is 14.8. The van der Waals surface area contributed by atoms with Crippen molar-refractivity contribution in [3.63, 3.8) is 0 Å². The van der Waals surface area contributed by atoms with Crippen LogP contribution in [-0.2, 0) is 19.4 Å². The molecule has 1 amide bonds. The van der Waals surface area contributed by atoms with Crippen molar-refractivity contribution in [1.82, 2.24) is 20.1 Å². The van der Waals surface area contributed by atoms with E-state index in [0.29, 0.717) is 12.1 Å². The van der Waals surface area contributed by atoms with Crippen LogP contribution in [0.4, 0.5) is 0 Å². The van der Waals surface area contributed by atoms with Crippen LogP contribution in [0.2, 0.25) is 0 Å². The van der Waals surface area contributed by atoms with Crippen molar-refractivity contribution in [2.45, 2.75) is 45.6 Å². The van der Waals surface area contributed by atoms with E-state index in [1.165, 1.54) is 19.3 Å². The summed E-state index contributed by atoms with van der Waals surface area (Å²) in [4.78, 5) is 12.1. The van der Waals surface area contributed by atoms with E-state index in [1.807, 2.05) is 31.2 Å². The number of hydrogen-bond acceptors (Lipinski definition) is 3. The lowest BCUT2D eigenvalue weighted by atomic mass is 10.1. The summed E-state index contributed by atoms with van der Waals surface area (Å²) >= 11 is 0. The van der Waals surface area contributed by atoms with Gasteiger partial charge in [0, 0.05) is 31.5 Å². The molecular formula is C17H22N4O. The average Bonchev–Trinajstić information content (AvgIpc) is 2.75. The number of fused-ring (bicyclic) bond motifs is 1. The molecule has 0 saturated heterocycles. The smallest absolute Gasteiger partial charge is 0.251 e. The summed E-state index contributed by atoms with van der Waals surface area (Å²) in [6.45, 7) is 3.58. The number of carbonyl (C=O) groups is 1. The van der Waals surface area contributed by atoms with Crippen molar-refractivity contribution in [2.75, 3.05) is 6.54 Å². The molecule has 2 aromatic rings. The SMILES string of the molecule is Cc1cccc(C(=O)NCCc2nnc3n2CCCCC3)c1. The van der Waals surface area contributed by atoms with Crippen LogP contribution in [0.25, 0.3) is 0 Å². The van der Waals surface area contributed by atoms with E-state index in [9.17, 15) is 4.79 Å². The van der Waals surface area contributed by atoms with Gasteiger partial charge >= 0.3 is 0 Å². The minimum Gasteiger partial charge on any atom is -0.352 e. The number of carbonyl (C=O) groups excluding carboxylic acids is 1. The highest BCUT2D eigenvalue weighted by molar-refractivity contribution is 5.94. The number of aryl methyl sites for hydroxylation is 2. The van der Waals surface area contributed by atoms with Gasteiger partial charge in [0.25, 0.3) is 5.91 Å². The van der Waals surface area contributed by atoms with Crippen LogP contribution in [0.5, 0.6) is 0 Å². The Morgan fingerprint density at radius 3 is 3.05 bits per heavy atom. The van der Waals surface area contributed by atoms with Crippen LogP contribution in [0.15, 0.2) is 24.3 Å². The zero-order chi connectivity index (χ0) is 15.4. The van der Waals surface area contributed by atoms with E-state index < -0.39 is 0 Å². The minimum absolute atomic E-state index is 0.0284. The number of nitrogens with zero attached hydrogens (tertiary/aromatic N) is 3. The van der Waals surface area contributed by atoms with Gasteiger partial charge in [0.15, 0.2) is 0 Å². The molecule has 1 N–H and O–H groups in total. The number of benzene rings is 1. The molecule has 0 aliphatic carbocycles. The minimum atomic E-state index is -0.0284. The van der Waals surface area contributed by atoms with Crippen LogP contribution >= 0.6 is 0 Å². The third-order valence-corrected chi connectivity index (χ3v) is 4.10. The van der Waals surface area contributed by atoms with Gasteiger partial charge in [-0.3, -0.25) is 4.79 Å². The number of aromatic nitrogens is 3. The Morgan fingerprint density at radius 2 is 2.18 bits per heavy atom. The largest absolute Gasteiger partial charge is 0.352 e. The van der Waals surface area contributed by atoms with Gasteiger partial charge in [-0.15, -0.1) is 10.2 Å². The van der Waals surface area contributed by atoms with Crippen molar-refractivity contribution >= 4 is 5.91 Å². The molecule has 1 aromatic carbocycles. The molecule has 1 aromatic heterocycles. The van der Waals surface area contributed by atoms with E-state index in [4.69, 9.17) is 0 Å². The maximum absolute atomic E-state index is 12.1. The molecule has 2 heterocycles. The number of nitrogens with one attached hydrogen (secondary N) is 1. The van der Waals surface area contributed by atoms with Crippen LogP contribution in [-0.4, -0.2) is 27.2 Å². The predicted molar refractivity (Wildman–Crippen MR) is 84.8 cm³/mol. The molecule has 22 heavy (non-hydrogen) atoms. The molecule has 3 rings (SSSR count). The number of amides is 1. The molecule has 0 radical (unpaired) electrons. The summed E-state index contributed by atoms with van der Waals surface area (Å²) < 4.78 is 2.23. The van der Waals surface area contributed by atoms with Gasteiger partial charge < -0.3 is 9.88 Å². The molecule has 0 atom stereocenters. The highest BCUT2D eigenvalue weighted by Crippen LogP contribution is 2.14. The Bertz CT molecular complexity index is 662. The van der Waals surface area contributed by atoms with E-state index in [1.54, 1.807) is 0 Å². The van der Waals surface area contributed by atoms with Crippen LogP contribution in [0, 0.1) is 6.92 Å². The molecule has 0 saturated carbocycles. The fraction of sp³-hybridized carbons (Fsp3) is 0.471. The maximum atomic E-state index is 12.1. The Kier molecular flexibility index (Phi) is 4.51. The second-order valence-electron chi connectivity index (χ2n) is 5.87. The Morgan fingerprint density at radius 1 is 1.27 bits per heavy atom. The Labute approximate surface area is 130 Å². The first-order valence-corrected chi connectivity index (χ1v) is 8.00. The molecular weight excluding hydrogens is 276 g/mol. The van der Waals surface area contributed by atoms with Gasteiger partial charge in [-0.2, -0.15) is 0 Å². The van der Waals surface area contributed by atoms with Crippen molar-refractivity contribution in [3.05, 3.63) is 47.0 Å². The lowest BCUT2D eigenvalue weighted by Gasteiger charge is -2.08. The third-order valence-electron chi connectivity index (χ3n) is 4.10. The molecule has 0 spiro atoms. The van der Waals surface area contributed by atoms with Crippen LogP contribution in [0.3, 0.4) is 0 Å². The quantitative estimate of drug-likeness (QED) is 0.942. The summed E-state index contributed by atoms with van der Waals surface area (Å²) in [5.41, 5.74) is 1.80. The lowest BCUT2D eigenvalue weighted by molar-refractivity contribution is 0.0954. The second-order valence-corrected chi connectivity index (χ2v) is 5.87. The molecule has 1 aliphatic heterocycles. The predicted octanol–water partition coefficient (Wildman–Crippen LogP) is 2.29. The molecule has 0 fully saturated rings. The average molecular weight is 298 g/mol. The number of hydrogen-bond donors (Lipinski definition) is 1. The highest BCUT2D eigenvalue weighted by Gasteiger charge is 2.14. The van der Waals surface area contributed by atoms with Crippen molar-refractivity contribution in [1.29, 1.82) is 0 Å². The third kappa shape index (κ3) is 3.35. The zero-order valence-corrected chi connectivity index (χ0v) is 13.0. The summed E-state index contributed by atoms with van der Waals surface area (Å²) in [5, 5.41) is 11.5. The van der Waals surface area contributed by atoms with Crippen molar-refractivity contribution < 1.29 is 4.79 Å². The summed E-state index contributed by atoms with van der Waals surface area (Å²) in [6, 6.07) is 7.63. The second kappa shape index (κ2) is 6.73. The van der Waals surface area contributed by atoms with Gasteiger partial charge in [0.1, 0.15) is 11.6 Å². The van der Waals surface area contributed by atoms with Crippen LogP contribution < -0.4 is 5.32 Å². The Balaban J connectivity index is 1.57. The topological polar surface area (TPSA) is 59.8 Å².